The number of carbonyl (C=O) groups excluding carboxylic acids is 1. The van der Waals surface area contributed by atoms with Crippen LogP contribution in [0.3, 0.4) is 0 Å². The maximum absolute atomic E-state index is 12.2. The van der Waals surface area contributed by atoms with Gasteiger partial charge in [-0.1, -0.05) is 35.9 Å². The van der Waals surface area contributed by atoms with Gasteiger partial charge in [-0.3, -0.25) is 4.90 Å². The van der Waals surface area contributed by atoms with E-state index in [0.717, 1.165) is 11.3 Å². The molecule has 138 valence electrons. The van der Waals surface area contributed by atoms with Gasteiger partial charge in [0.1, 0.15) is 6.10 Å². The molecular formula is C18H19ClN2O4S. The number of carbonyl (C=O) groups is 1. The first-order chi connectivity index (χ1) is 12.3. The molecule has 2 aromatic rings. The molecule has 8 heteroatoms. The molecule has 1 unspecified atom stereocenters. The number of anilines is 1. The predicted molar refractivity (Wildman–Crippen MR) is 101 cm³/mol. The van der Waals surface area contributed by atoms with Crippen molar-refractivity contribution in [2.45, 2.75) is 18.8 Å². The summed E-state index contributed by atoms with van der Waals surface area (Å²) in [5.74, 6) is -0.160. The fraction of sp³-hybridized carbons (Fsp3) is 0.278. The molecule has 1 N–H and O–H groups in total. The summed E-state index contributed by atoms with van der Waals surface area (Å²) in [7, 11) is -3.54. The van der Waals surface area contributed by atoms with Crippen LogP contribution in [0.15, 0.2) is 48.5 Å². The Hall–Kier alpha value is -2.09. The lowest BCUT2D eigenvalue weighted by atomic mass is 10.2. The van der Waals surface area contributed by atoms with E-state index < -0.39 is 22.2 Å². The molecule has 0 aliphatic carbocycles. The highest BCUT2D eigenvalue weighted by Gasteiger charge is 2.33. The molecule has 1 saturated heterocycles. The third kappa shape index (κ3) is 4.75. The first kappa shape index (κ1) is 18.7. The number of nitrogens with one attached hydrogen (secondary N) is 1. The maximum atomic E-state index is 12.2. The van der Waals surface area contributed by atoms with Crippen molar-refractivity contribution in [3.63, 3.8) is 0 Å². The normalized spacial score (nSPS) is 17.4. The number of ether oxygens (including phenoxy) is 1. The molecule has 3 rings (SSSR count). The summed E-state index contributed by atoms with van der Waals surface area (Å²) in [4.78, 5) is 13.6. The van der Waals surface area contributed by atoms with Crippen LogP contribution >= 0.6 is 11.6 Å². The molecule has 0 aromatic heterocycles. The van der Waals surface area contributed by atoms with Gasteiger partial charge in [0.2, 0.25) is 10.0 Å². The van der Waals surface area contributed by atoms with E-state index in [-0.39, 0.29) is 12.3 Å². The number of rotatable bonds is 6. The number of nitrogens with zero attached hydrogens (tertiary/aromatic N) is 1. The van der Waals surface area contributed by atoms with Crippen LogP contribution in [0.5, 0.6) is 0 Å². The number of aryl methyl sites for hydroxylation is 1. The Kier molecular flexibility index (Phi) is 5.50. The standard InChI is InChI=1S/C18H19ClN2O4S/c1-13-3-2-4-16(9-13)21-11-17(25-18(21)22)10-20-26(23,24)12-14-5-7-15(19)8-6-14/h2-9,17,20H,10-12H2,1H3. The molecule has 1 aliphatic heterocycles. The van der Waals surface area contributed by atoms with Gasteiger partial charge in [0.05, 0.1) is 12.3 Å². The minimum absolute atomic E-state index is 0.0317. The van der Waals surface area contributed by atoms with Crippen LogP contribution in [-0.2, 0) is 20.5 Å². The summed E-state index contributed by atoms with van der Waals surface area (Å²) >= 11 is 5.80. The van der Waals surface area contributed by atoms with Gasteiger partial charge in [-0.25, -0.2) is 17.9 Å². The van der Waals surface area contributed by atoms with Crippen molar-refractivity contribution in [3.8, 4) is 0 Å². The summed E-state index contributed by atoms with van der Waals surface area (Å²) in [6.45, 7) is 2.27. The molecular weight excluding hydrogens is 376 g/mol. The molecule has 1 aliphatic rings. The molecule has 1 amide bonds. The van der Waals surface area contributed by atoms with Gasteiger partial charge in [-0.15, -0.1) is 0 Å². The Bertz CT molecular complexity index is 900. The summed E-state index contributed by atoms with van der Waals surface area (Å²) in [6, 6.07) is 14.1. The molecule has 1 atom stereocenters. The van der Waals surface area contributed by atoms with E-state index in [1.807, 2.05) is 31.2 Å². The Labute approximate surface area is 157 Å². The zero-order valence-electron chi connectivity index (χ0n) is 14.2. The Morgan fingerprint density at radius 1 is 1.23 bits per heavy atom. The maximum Gasteiger partial charge on any atom is 0.414 e. The van der Waals surface area contributed by atoms with Gasteiger partial charge in [0.15, 0.2) is 0 Å². The minimum Gasteiger partial charge on any atom is -0.443 e. The van der Waals surface area contributed by atoms with Crippen molar-refractivity contribution >= 4 is 33.4 Å². The highest BCUT2D eigenvalue weighted by Crippen LogP contribution is 2.22. The molecule has 6 nitrogen and oxygen atoms in total. The van der Waals surface area contributed by atoms with E-state index in [2.05, 4.69) is 4.72 Å². The Balaban J connectivity index is 1.58. The molecule has 2 aromatic carbocycles. The third-order valence-electron chi connectivity index (χ3n) is 3.99. The molecule has 1 heterocycles. The average Bonchev–Trinajstić information content (AvgIpc) is 2.96. The van der Waals surface area contributed by atoms with E-state index in [4.69, 9.17) is 16.3 Å². The van der Waals surface area contributed by atoms with Crippen molar-refractivity contribution in [2.24, 2.45) is 0 Å². The van der Waals surface area contributed by atoms with Gasteiger partial charge < -0.3 is 4.74 Å². The number of amides is 1. The van der Waals surface area contributed by atoms with Gasteiger partial charge in [-0.05, 0) is 42.3 Å². The van der Waals surface area contributed by atoms with E-state index >= 15 is 0 Å². The van der Waals surface area contributed by atoms with Crippen molar-refractivity contribution < 1.29 is 17.9 Å². The second-order valence-corrected chi connectivity index (χ2v) is 8.43. The average molecular weight is 395 g/mol. The third-order valence-corrected chi connectivity index (χ3v) is 5.56. The van der Waals surface area contributed by atoms with Crippen molar-refractivity contribution in [2.75, 3.05) is 18.0 Å². The van der Waals surface area contributed by atoms with Gasteiger partial charge in [0.25, 0.3) is 0 Å². The molecule has 0 saturated carbocycles. The summed E-state index contributed by atoms with van der Waals surface area (Å²) in [5.41, 5.74) is 2.40. The molecule has 26 heavy (non-hydrogen) atoms. The van der Waals surface area contributed by atoms with Crippen molar-refractivity contribution in [3.05, 3.63) is 64.7 Å². The van der Waals surface area contributed by atoms with Crippen molar-refractivity contribution in [1.82, 2.24) is 4.72 Å². The van der Waals surface area contributed by atoms with Crippen LogP contribution in [0.2, 0.25) is 5.02 Å². The first-order valence-corrected chi connectivity index (χ1v) is 10.1. The fourth-order valence-electron chi connectivity index (χ4n) is 2.71. The number of sulfonamides is 1. The highest BCUT2D eigenvalue weighted by atomic mass is 35.5. The Morgan fingerprint density at radius 2 is 1.96 bits per heavy atom. The summed E-state index contributed by atoms with van der Waals surface area (Å²) in [5, 5.41) is 0.549. The molecule has 1 fully saturated rings. The lowest BCUT2D eigenvalue weighted by molar-refractivity contribution is 0.143. The predicted octanol–water partition coefficient (Wildman–Crippen LogP) is 3.09. The van der Waals surface area contributed by atoms with Crippen LogP contribution < -0.4 is 9.62 Å². The zero-order valence-corrected chi connectivity index (χ0v) is 15.8. The number of hydrogen-bond donors (Lipinski definition) is 1. The topological polar surface area (TPSA) is 75.7 Å². The lowest BCUT2D eigenvalue weighted by Gasteiger charge is -2.13. The summed E-state index contributed by atoms with van der Waals surface area (Å²) in [6.07, 6.45) is -1.01. The number of cyclic esters (lactones) is 1. The van der Waals surface area contributed by atoms with Crippen LogP contribution in [-0.4, -0.2) is 33.7 Å². The van der Waals surface area contributed by atoms with Crippen LogP contribution in [0, 0.1) is 6.92 Å². The molecule has 0 bridgehead atoms. The number of benzene rings is 2. The number of hydrogen-bond acceptors (Lipinski definition) is 4. The van der Waals surface area contributed by atoms with Gasteiger partial charge >= 0.3 is 6.09 Å². The quantitative estimate of drug-likeness (QED) is 0.816. The van der Waals surface area contributed by atoms with E-state index in [1.165, 1.54) is 4.90 Å². The monoisotopic (exact) mass is 394 g/mol. The zero-order chi connectivity index (χ0) is 18.7. The van der Waals surface area contributed by atoms with Crippen LogP contribution in [0.4, 0.5) is 10.5 Å². The van der Waals surface area contributed by atoms with E-state index in [0.29, 0.717) is 17.1 Å². The first-order valence-electron chi connectivity index (χ1n) is 8.09. The number of halogens is 1. The molecule has 0 radical (unpaired) electrons. The second-order valence-electron chi connectivity index (χ2n) is 6.19. The smallest absolute Gasteiger partial charge is 0.414 e. The lowest BCUT2D eigenvalue weighted by Crippen LogP contribution is -2.35. The summed E-state index contributed by atoms with van der Waals surface area (Å²) < 4.78 is 32.2. The van der Waals surface area contributed by atoms with Crippen LogP contribution in [0.25, 0.3) is 0 Å². The van der Waals surface area contributed by atoms with E-state index in [1.54, 1.807) is 24.3 Å². The highest BCUT2D eigenvalue weighted by molar-refractivity contribution is 7.88. The van der Waals surface area contributed by atoms with E-state index in [9.17, 15) is 13.2 Å². The van der Waals surface area contributed by atoms with Gasteiger partial charge in [-0.2, -0.15) is 0 Å². The Morgan fingerprint density at radius 3 is 2.65 bits per heavy atom. The van der Waals surface area contributed by atoms with Crippen LogP contribution in [0.1, 0.15) is 11.1 Å². The van der Waals surface area contributed by atoms with Gasteiger partial charge in [0, 0.05) is 17.3 Å². The molecule has 0 spiro atoms. The largest absolute Gasteiger partial charge is 0.443 e. The fourth-order valence-corrected chi connectivity index (χ4v) is 4.00. The SMILES string of the molecule is Cc1cccc(N2CC(CNS(=O)(=O)Cc3ccc(Cl)cc3)OC2=O)c1. The minimum atomic E-state index is -3.54. The second kappa shape index (κ2) is 7.65. The van der Waals surface area contributed by atoms with Crippen molar-refractivity contribution in [1.29, 1.82) is 0 Å².